The molecule has 15 heavy (non-hydrogen) atoms. The van der Waals surface area contributed by atoms with Crippen LogP contribution in [0.15, 0.2) is 10.1 Å². The average Bonchev–Trinajstić information content (AvgIpc) is 2.32. The van der Waals surface area contributed by atoms with Crippen LogP contribution in [0.5, 0.6) is 0 Å². The van der Waals surface area contributed by atoms with Crippen molar-refractivity contribution in [3.05, 3.63) is 0 Å². The Bertz CT molecular complexity index is 288. The summed E-state index contributed by atoms with van der Waals surface area (Å²) < 4.78 is 5.25. The first-order valence-corrected chi connectivity index (χ1v) is 4.94. The van der Waals surface area contributed by atoms with Crippen molar-refractivity contribution >= 4 is 18.0 Å². The molecule has 6 heteroatoms. The molecule has 1 aliphatic heterocycles. The van der Waals surface area contributed by atoms with Crippen molar-refractivity contribution in [2.45, 2.75) is 33.0 Å². The van der Waals surface area contributed by atoms with E-state index in [2.05, 4.69) is 10.1 Å². The van der Waals surface area contributed by atoms with E-state index in [1.54, 1.807) is 6.92 Å². The average molecular weight is 212 g/mol. The van der Waals surface area contributed by atoms with Gasteiger partial charge in [-0.25, -0.2) is 4.99 Å². The molecule has 1 heterocycles. The third-order valence-corrected chi connectivity index (χ3v) is 1.89. The molecule has 0 aromatic rings. The van der Waals surface area contributed by atoms with Gasteiger partial charge in [-0.1, -0.05) is 0 Å². The number of hydrogen-bond donors (Lipinski definition) is 1. The van der Waals surface area contributed by atoms with Crippen LogP contribution in [0, 0.1) is 0 Å². The molecular formula is C9H16N4O2. The van der Waals surface area contributed by atoms with E-state index in [1.165, 1.54) is 11.2 Å². The molecule has 0 aliphatic carbocycles. The van der Waals surface area contributed by atoms with Gasteiger partial charge in [0.15, 0.2) is 12.2 Å². The molecular weight excluding hydrogens is 196 g/mol. The smallest absolute Gasteiger partial charge is 0.246 e. The second-order valence-corrected chi connectivity index (χ2v) is 2.98. The molecule has 0 bridgehead atoms. The zero-order chi connectivity index (χ0) is 11.3. The van der Waals surface area contributed by atoms with E-state index >= 15 is 0 Å². The fraction of sp³-hybridized carbons (Fsp3) is 0.667. The van der Waals surface area contributed by atoms with Crippen LogP contribution in [-0.2, 0) is 9.53 Å². The van der Waals surface area contributed by atoms with Gasteiger partial charge in [0, 0.05) is 19.1 Å². The number of rotatable bonds is 2. The first-order chi connectivity index (χ1) is 7.19. The van der Waals surface area contributed by atoms with Crippen molar-refractivity contribution in [2.24, 2.45) is 15.8 Å². The highest BCUT2D eigenvalue weighted by Gasteiger charge is 2.24. The number of nitrogens with two attached hydrogens (primary N) is 1. The second-order valence-electron chi connectivity index (χ2n) is 2.98. The number of hydrogen-bond acceptors (Lipinski definition) is 5. The minimum absolute atomic E-state index is 0.140. The predicted octanol–water partition coefficient (Wildman–Crippen LogP) is 0.292. The lowest BCUT2D eigenvalue weighted by molar-refractivity contribution is -0.132. The number of hydrazone groups is 1. The predicted molar refractivity (Wildman–Crippen MR) is 57.3 cm³/mol. The monoisotopic (exact) mass is 212 g/mol. The molecule has 0 aromatic heterocycles. The lowest BCUT2D eigenvalue weighted by Gasteiger charge is -2.18. The van der Waals surface area contributed by atoms with Crippen LogP contribution in [0.2, 0.25) is 0 Å². The number of nitrogens with zero attached hydrogens (tertiary/aromatic N) is 3. The van der Waals surface area contributed by atoms with Crippen molar-refractivity contribution in [1.29, 1.82) is 0 Å². The molecule has 1 aliphatic rings. The van der Waals surface area contributed by atoms with Crippen LogP contribution in [0.3, 0.4) is 0 Å². The quantitative estimate of drug-likeness (QED) is 0.668. The van der Waals surface area contributed by atoms with Crippen molar-refractivity contribution in [1.82, 2.24) is 5.01 Å². The van der Waals surface area contributed by atoms with E-state index in [9.17, 15) is 4.79 Å². The summed E-state index contributed by atoms with van der Waals surface area (Å²) in [5.41, 5.74) is 5.70. The maximum atomic E-state index is 11.6. The fourth-order valence-corrected chi connectivity index (χ4v) is 1.28. The van der Waals surface area contributed by atoms with Crippen LogP contribution in [0.25, 0.3) is 0 Å². The van der Waals surface area contributed by atoms with Gasteiger partial charge in [0.1, 0.15) is 0 Å². The number of carbonyl (C=O) groups is 1. The highest BCUT2D eigenvalue weighted by molar-refractivity contribution is 5.86. The van der Waals surface area contributed by atoms with Gasteiger partial charge in [-0.3, -0.25) is 10.5 Å². The van der Waals surface area contributed by atoms with Gasteiger partial charge in [0.25, 0.3) is 0 Å². The zero-order valence-corrected chi connectivity index (χ0v) is 9.01. The first-order valence-electron chi connectivity index (χ1n) is 4.94. The van der Waals surface area contributed by atoms with E-state index in [4.69, 9.17) is 10.5 Å². The van der Waals surface area contributed by atoms with Gasteiger partial charge in [-0.15, -0.1) is 0 Å². The van der Waals surface area contributed by atoms with Gasteiger partial charge in [-0.05, 0) is 13.8 Å². The Morgan fingerprint density at radius 1 is 1.73 bits per heavy atom. The Balaban J connectivity index is 2.79. The number of aliphatic imine (C=N–C) groups is 1. The molecule has 0 fully saturated rings. The van der Waals surface area contributed by atoms with Gasteiger partial charge < -0.3 is 4.74 Å². The molecule has 1 rings (SSSR count). The molecule has 0 saturated carbocycles. The Hall–Kier alpha value is -1.43. The van der Waals surface area contributed by atoms with Gasteiger partial charge in [-0.2, -0.15) is 10.1 Å². The zero-order valence-electron chi connectivity index (χ0n) is 9.01. The third-order valence-electron chi connectivity index (χ3n) is 1.89. The highest BCUT2D eigenvalue weighted by atomic mass is 16.5. The molecule has 1 atom stereocenters. The van der Waals surface area contributed by atoms with E-state index in [0.29, 0.717) is 25.3 Å². The normalized spacial score (nSPS) is 22.9. The minimum atomic E-state index is -0.780. The largest absolute Gasteiger partial charge is 0.481 e. The molecule has 1 unspecified atom stereocenters. The van der Waals surface area contributed by atoms with Crippen LogP contribution in [0.4, 0.5) is 0 Å². The van der Waals surface area contributed by atoms with Gasteiger partial charge in [0.2, 0.25) is 5.91 Å². The van der Waals surface area contributed by atoms with Crippen LogP contribution in [-0.4, -0.2) is 35.9 Å². The van der Waals surface area contributed by atoms with Crippen LogP contribution >= 0.6 is 0 Å². The summed E-state index contributed by atoms with van der Waals surface area (Å²) >= 11 is 0. The molecule has 1 amide bonds. The van der Waals surface area contributed by atoms with Crippen LogP contribution in [0.1, 0.15) is 26.7 Å². The SMILES string of the molecule is CC=NN1C(=O)CCC(OCC)=NC1N. The first kappa shape index (κ1) is 11.6. The molecule has 0 radical (unpaired) electrons. The maximum Gasteiger partial charge on any atom is 0.246 e. The lowest BCUT2D eigenvalue weighted by atomic mass is 10.3. The summed E-state index contributed by atoms with van der Waals surface area (Å²) in [5, 5.41) is 5.04. The Labute approximate surface area is 88.8 Å². The Morgan fingerprint density at radius 3 is 3.07 bits per heavy atom. The minimum Gasteiger partial charge on any atom is -0.481 e. The molecule has 84 valence electrons. The van der Waals surface area contributed by atoms with E-state index in [1.807, 2.05) is 6.92 Å². The number of ether oxygens (including phenoxy) is 1. The van der Waals surface area contributed by atoms with Crippen molar-refractivity contribution in [2.75, 3.05) is 6.61 Å². The standard InChI is InChI=1S/C9H16N4O2/c1-3-11-13-8(14)6-5-7(15-4-2)12-9(13)10/h3,9H,4-6,10H2,1-2H3. The number of amides is 1. The second kappa shape index (κ2) is 5.45. The van der Waals surface area contributed by atoms with Crippen molar-refractivity contribution < 1.29 is 9.53 Å². The third kappa shape index (κ3) is 3.02. The summed E-state index contributed by atoms with van der Waals surface area (Å²) in [5.74, 6) is 0.381. The summed E-state index contributed by atoms with van der Waals surface area (Å²) in [6, 6.07) is 0. The Kier molecular flexibility index (Phi) is 4.23. The van der Waals surface area contributed by atoms with Crippen molar-refractivity contribution in [3.8, 4) is 0 Å². The molecule has 0 saturated heterocycles. The summed E-state index contributed by atoms with van der Waals surface area (Å²) in [7, 11) is 0. The highest BCUT2D eigenvalue weighted by Crippen LogP contribution is 2.10. The molecule has 6 nitrogen and oxygen atoms in total. The van der Waals surface area contributed by atoms with E-state index < -0.39 is 6.29 Å². The molecule has 2 N–H and O–H groups in total. The fourth-order valence-electron chi connectivity index (χ4n) is 1.28. The lowest BCUT2D eigenvalue weighted by Crippen LogP contribution is -2.40. The van der Waals surface area contributed by atoms with Gasteiger partial charge >= 0.3 is 0 Å². The van der Waals surface area contributed by atoms with Crippen LogP contribution < -0.4 is 5.73 Å². The summed E-state index contributed by atoms with van der Waals surface area (Å²) in [6.45, 7) is 4.11. The van der Waals surface area contributed by atoms with Gasteiger partial charge in [0.05, 0.1) is 6.61 Å². The molecule has 0 spiro atoms. The Morgan fingerprint density at radius 2 is 2.47 bits per heavy atom. The summed E-state index contributed by atoms with van der Waals surface area (Å²) in [4.78, 5) is 15.6. The maximum absolute atomic E-state index is 11.6. The van der Waals surface area contributed by atoms with E-state index in [-0.39, 0.29) is 5.91 Å². The number of carbonyl (C=O) groups excluding carboxylic acids is 1. The molecule has 0 aromatic carbocycles. The summed E-state index contributed by atoms with van der Waals surface area (Å²) in [6.07, 6.45) is 1.54. The van der Waals surface area contributed by atoms with Crippen molar-refractivity contribution in [3.63, 3.8) is 0 Å². The van der Waals surface area contributed by atoms with E-state index in [0.717, 1.165) is 0 Å². The topological polar surface area (TPSA) is 80.3 Å².